The molecule has 0 radical (unpaired) electrons. The maximum Gasteiger partial charge on any atom is 0.176 e. The second-order valence-electron chi connectivity index (χ2n) is 3.42. The van der Waals surface area contributed by atoms with E-state index in [4.69, 9.17) is 0 Å². The van der Waals surface area contributed by atoms with Crippen molar-refractivity contribution < 1.29 is 4.79 Å². The predicted molar refractivity (Wildman–Crippen MR) is 55.3 cm³/mol. The topological polar surface area (TPSA) is 22.0 Å². The molecule has 0 atom stereocenters. The Morgan fingerprint density at radius 1 is 1.62 bits per heavy atom. The number of fused-ring (bicyclic) bond motifs is 1. The van der Waals surface area contributed by atoms with E-state index in [0.717, 1.165) is 17.9 Å². The third-order valence-corrected chi connectivity index (χ3v) is 3.56. The van der Waals surface area contributed by atoms with Crippen molar-refractivity contribution in [3.63, 3.8) is 0 Å². The van der Waals surface area contributed by atoms with Crippen LogP contribution in [0.15, 0.2) is 6.07 Å². The Hall–Kier alpha value is -0.700. The molecule has 70 valence electrons. The van der Waals surface area contributed by atoms with Crippen molar-refractivity contribution in [2.45, 2.75) is 19.1 Å². The van der Waals surface area contributed by atoms with Crippen LogP contribution in [0.2, 0.25) is 0 Å². The van der Waals surface area contributed by atoms with Gasteiger partial charge in [0.05, 0.1) is 5.69 Å². The highest BCUT2D eigenvalue weighted by atomic mass is 32.2. The van der Waals surface area contributed by atoms with Gasteiger partial charge >= 0.3 is 0 Å². The van der Waals surface area contributed by atoms with Gasteiger partial charge in [-0.15, -0.1) is 0 Å². The van der Waals surface area contributed by atoms with E-state index in [2.05, 4.69) is 4.57 Å². The maximum absolute atomic E-state index is 11.3. The SMILES string of the molecule is CC(=O)c1cc2c(n1C)CCSC2. The second kappa shape index (κ2) is 3.22. The Morgan fingerprint density at radius 3 is 3.00 bits per heavy atom. The molecule has 1 aromatic heterocycles. The minimum atomic E-state index is 0.168. The molecule has 2 rings (SSSR count). The molecule has 0 bridgehead atoms. The standard InChI is InChI=1S/C10H13NOS/c1-7(12)10-5-8-6-13-4-3-9(8)11(10)2/h5H,3-4,6H2,1-2H3. The summed E-state index contributed by atoms with van der Waals surface area (Å²) >= 11 is 1.95. The molecule has 0 N–H and O–H groups in total. The second-order valence-corrected chi connectivity index (χ2v) is 4.52. The number of hydrogen-bond donors (Lipinski definition) is 0. The van der Waals surface area contributed by atoms with Gasteiger partial charge in [0.25, 0.3) is 0 Å². The van der Waals surface area contributed by atoms with Crippen LogP contribution in [0.3, 0.4) is 0 Å². The number of nitrogens with zero attached hydrogens (tertiary/aromatic N) is 1. The molecule has 2 nitrogen and oxygen atoms in total. The molecule has 0 aliphatic carbocycles. The van der Waals surface area contributed by atoms with Crippen LogP contribution in [0.25, 0.3) is 0 Å². The van der Waals surface area contributed by atoms with E-state index in [1.54, 1.807) is 6.92 Å². The van der Waals surface area contributed by atoms with E-state index < -0.39 is 0 Å². The van der Waals surface area contributed by atoms with Gasteiger partial charge in [0.1, 0.15) is 0 Å². The zero-order valence-electron chi connectivity index (χ0n) is 7.96. The summed E-state index contributed by atoms with van der Waals surface area (Å²) in [6.07, 6.45) is 1.10. The first kappa shape index (κ1) is 8.88. The Morgan fingerprint density at radius 2 is 2.38 bits per heavy atom. The minimum Gasteiger partial charge on any atom is -0.345 e. The van der Waals surface area contributed by atoms with Crippen LogP contribution in [0.4, 0.5) is 0 Å². The lowest BCUT2D eigenvalue weighted by molar-refractivity contribution is 0.101. The number of ketones is 1. The molecule has 0 unspecified atom stereocenters. The van der Waals surface area contributed by atoms with E-state index in [1.807, 2.05) is 24.9 Å². The molecule has 0 amide bonds. The molecule has 0 spiro atoms. The molecule has 1 aliphatic heterocycles. The zero-order chi connectivity index (χ0) is 9.42. The number of carbonyl (C=O) groups excluding carboxylic acids is 1. The van der Waals surface area contributed by atoms with E-state index in [-0.39, 0.29) is 5.78 Å². The average Bonchev–Trinajstić information content (AvgIpc) is 2.45. The third kappa shape index (κ3) is 1.41. The van der Waals surface area contributed by atoms with E-state index in [9.17, 15) is 4.79 Å². The average molecular weight is 195 g/mol. The summed E-state index contributed by atoms with van der Waals surface area (Å²) < 4.78 is 2.05. The number of hydrogen-bond acceptors (Lipinski definition) is 2. The van der Waals surface area contributed by atoms with Gasteiger partial charge < -0.3 is 4.57 Å². The lowest BCUT2D eigenvalue weighted by Gasteiger charge is -2.12. The van der Waals surface area contributed by atoms with Gasteiger partial charge in [-0.25, -0.2) is 0 Å². The Kier molecular flexibility index (Phi) is 2.20. The lowest BCUT2D eigenvalue weighted by atomic mass is 10.2. The van der Waals surface area contributed by atoms with Crippen molar-refractivity contribution in [3.8, 4) is 0 Å². The molecule has 0 saturated heterocycles. The fourth-order valence-electron chi connectivity index (χ4n) is 1.85. The highest BCUT2D eigenvalue weighted by Crippen LogP contribution is 2.27. The molecule has 2 heterocycles. The molecule has 1 aromatic rings. The van der Waals surface area contributed by atoms with Crippen molar-refractivity contribution in [1.82, 2.24) is 4.57 Å². The summed E-state index contributed by atoms with van der Waals surface area (Å²) in [7, 11) is 1.99. The molecule has 0 fully saturated rings. The van der Waals surface area contributed by atoms with Crippen molar-refractivity contribution in [2.24, 2.45) is 7.05 Å². The van der Waals surface area contributed by atoms with Crippen LogP contribution in [0.5, 0.6) is 0 Å². The first-order valence-electron chi connectivity index (χ1n) is 4.46. The molecule has 3 heteroatoms. The number of thioether (sulfide) groups is 1. The fraction of sp³-hybridized carbons (Fsp3) is 0.500. The number of carbonyl (C=O) groups is 1. The summed E-state index contributed by atoms with van der Waals surface area (Å²) in [5, 5.41) is 0. The van der Waals surface area contributed by atoms with Crippen LogP contribution in [0, 0.1) is 0 Å². The molecular formula is C10H13NOS. The normalized spacial score (nSPS) is 15.5. The number of rotatable bonds is 1. The Labute approximate surface area is 82.3 Å². The molecule has 0 saturated carbocycles. The van der Waals surface area contributed by atoms with Crippen LogP contribution >= 0.6 is 11.8 Å². The lowest BCUT2D eigenvalue weighted by Crippen LogP contribution is -2.08. The van der Waals surface area contributed by atoms with Gasteiger partial charge in [-0.3, -0.25) is 4.79 Å². The smallest absolute Gasteiger partial charge is 0.176 e. The highest BCUT2D eigenvalue weighted by molar-refractivity contribution is 7.98. The van der Waals surface area contributed by atoms with Gasteiger partial charge in [-0.05, 0) is 23.8 Å². The van der Waals surface area contributed by atoms with Crippen LogP contribution < -0.4 is 0 Å². The van der Waals surface area contributed by atoms with Crippen molar-refractivity contribution in [1.29, 1.82) is 0 Å². The molecule has 0 aromatic carbocycles. The third-order valence-electron chi connectivity index (χ3n) is 2.55. The fourth-order valence-corrected chi connectivity index (χ4v) is 2.80. The van der Waals surface area contributed by atoms with Crippen molar-refractivity contribution >= 4 is 17.5 Å². The van der Waals surface area contributed by atoms with E-state index in [0.29, 0.717) is 0 Å². The maximum atomic E-state index is 11.3. The highest BCUT2D eigenvalue weighted by Gasteiger charge is 2.17. The van der Waals surface area contributed by atoms with Gasteiger partial charge in [0, 0.05) is 25.4 Å². The summed E-state index contributed by atoms with van der Waals surface area (Å²) in [5.41, 5.74) is 3.56. The molecule has 1 aliphatic rings. The number of Topliss-reactive ketones (excluding diaryl/α,β-unsaturated/α-hetero) is 1. The first-order valence-corrected chi connectivity index (χ1v) is 5.62. The van der Waals surface area contributed by atoms with Crippen molar-refractivity contribution in [3.05, 3.63) is 23.0 Å². The van der Waals surface area contributed by atoms with Crippen LogP contribution in [-0.2, 0) is 19.2 Å². The van der Waals surface area contributed by atoms with Crippen LogP contribution in [0.1, 0.15) is 28.7 Å². The van der Waals surface area contributed by atoms with E-state index >= 15 is 0 Å². The summed E-state index contributed by atoms with van der Waals surface area (Å²) in [6.45, 7) is 1.63. The summed E-state index contributed by atoms with van der Waals surface area (Å²) in [4.78, 5) is 11.3. The molecular weight excluding hydrogens is 182 g/mol. The summed E-state index contributed by atoms with van der Waals surface area (Å²) in [6, 6.07) is 2.05. The minimum absolute atomic E-state index is 0.168. The van der Waals surface area contributed by atoms with E-state index in [1.165, 1.54) is 17.0 Å². The quantitative estimate of drug-likeness (QED) is 0.639. The number of aromatic nitrogens is 1. The van der Waals surface area contributed by atoms with Crippen LogP contribution in [-0.4, -0.2) is 16.1 Å². The first-order chi connectivity index (χ1) is 6.20. The summed E-state index contributed by atoms with van der Waals surface area (Å²) in [5.74, 6) is 2.42. The van der Waals surface area contributed by atoms with Gasteiger partial charge in [0.2, 0.25) is 0 Å². The van der Waals surface area contributed by atoms with Gasteiger partial charge in [-0.1, -0.05) is 0 Å². The molecule has 13 heavy (non-hydrogen) atoms. The predicted octanol–water partition coefficient (Wildman–Crippen LogP) is 2.02. The monoisotopic (exact) mass is 195 g/mol. The Balaban J connectivity index is 2.50. The zero-order valence-corrected chi connectivity index (χ0v) is 8.78. The van der Waals surface area contributed by atoms with Gasteiger partial charge in [0.15, 0.2) is 5.78 Å². The largest absolute Gasteiger partial charge is 0.345 e. The van der Waals surface area contributed by atoms with Crippen molar-refractivity contribution in [2.75, 3.05) is 5.75 Å². The van der Waals surface area contributed by atoms with Gasteiger partial charge in [-0.2, -0.15) is 11.8 Å². The Bertz CT molecular complexity index is 354.